The van der Waals surface area contributed by atoms with Crippen molar-refractivity contribution >= 4 is 48.7 Å². The molecule has 1 heterocycles. The number of aromatic nitrogens is 2. The Hall–Kier alpha value is -1.21. The fourth-order valence-electron chi connectivity index (χ4n) is 2.03. The first-order chi connectivity index (χ1) is 10.8. The number of halogens is 2. The molecular formula is C16H18Br2N2O3. The van der Waals surface area contributed by atoms with E-state index < -0.39 is 5.41 Å². The Morgan fingerprint density at radius 2 is 1.96 bits per heavy atom. The van der Waals surface area contributed by atoms with Gasteiger partial charge < -0.3 is 4.74 Å². The molecule has 0 aliphatic carbocycles. The number of benzene rings is 1. The van der Waals surface area contributed by atoms with E-state index in [9.17, 15) is 9.59 Å². The number of hydrogen-bond donors (Lipinski definition) is 0. The predicted octanol–water partition coefficient (Wildman–Crippen LogP) is 3.73. The van der Waals surface area contributed by atoms with Gasteiger partial charge in [0.2, 0.25) is 0 Å². The van der Waals surface area contributed by atoms with E-state index in [0.717, 1.165) is 11.1 Å². The van der Waals surface area contributed by atoms with Crippen LogP contribution in [0.5, 0.6) is 0 Å². The number of fused-ring (bicyclic) bond motifs is 1. The summed E-state index contributed by atoms with van der Waals surface area (Å²) in [5.41, 5.74) is 1.78. The Morgan fingerprint density at radius 3 is 2.52 bits per heavy atom. The first-order valence-corrected chi connectivity index (χ1v) is 9.32. The highest BCUT2D eigenvalue weighted by Crippen LogP contribution is 2.21. The molecule has 0 aliphatic rings. The highest BCUT2D eigenvalue weighted by atomic mass is 79.9. The van der Waals surface area contributed by atoms with Crippen molar-refractivity contribution in [2.45, 2.75) is 38.2 Å². The summed E-state index contributed by atoms with van der Waals surface area (Å²) in [6, 6.07) is 3.82. The van der Waals surface area contributed by atoms with Crippen molar-refractivity contribution in [3.63, 3.8) is 0 Å². The van der Waals surface area contributed by atoms with Gasteiger partial charge in [0.15, 0.2) is 6.73 Å². The Kier molecular flexibility index (Phi) is 5.62. The maximum Gasteiger partial charge on any atom is 0.312 e. The smallest absolute Gasteiger partial charge is 0.312 e. The second-order valence-corrected chi connectivity index (χ2v) is 7.37. The fraction of sp³-hybridized carbons (Fsp3) is 0.438. The first kappa shape index (κ1) is 18.1. The molecule has 0 aliphatic heterocycles. The van der Waals surface area contributed by atoms with Crippen molar-refractivity contribution in [1.82, 2.24) is 9.55 Å². The van der Waals surface area contributed by atoms with Crippen LogP contribution in [0.2, 0.25) is 0 Å². The second-order valence-electron chi connectivity index (χ2n) is 6.25. The van der Waals surface area contributed by atoms with Crippen LogP contribution in [0.1, 0.15) is 31.9 Å². The van der Waals surface area contributed by atoms with Gasteiger partial charge >= 0.3 is 5.97 Å². The van der Waals surface area contributed by atoms with Gasteiger partial charge in [0.05, 0.1) is 16.3 Å². The summed E-state index contributed by atoms with van der Waals surface area (Å²) in [4.78, 5) is 28.8. The lowest BCUT2D eigenvalue weighted by Gasteiger charge is -2.17. The summed E-state index contributed by atoms with van der Waals surface area (Å²) < 4.78 is 6.51. The van der Waals surface area contributed by atoms with E-state index >= 15 is 0 Å². The summed E-state index contributed by atoms with van der Waals surface area (Å²) in [7, 11) is 0. The van der Waals surface area contributed by atoms with E-state index in [1.165, 1.54) is 10.9 Å². The maximum absolute atomic E-state index is 12.6. The summed E-state index contributed by atoms with van der Waals surface area (Å²) in [5.74, 6) is -0.361. The van der Waals surface area contributed by atoms with Crippen LogP contribution >= 0.6 is 31.9 Å². The number of ether oxygens (including phenoxy) is 1. The van der Waals surface area contributed by atoms with Crippen molar-refractivity contribution in [3.05, 3.63) is 39.9 Å². The molecule has 0 unspecified atom stereocenters. The normalized spacial score (nSPS) is 11.7. The second kappa shape index (κ2) is 7.13. The van der Waals surface area contributed by atoms with Crippen LogP contribution in [0, 0.1) is 5.41 Å². The van der Waals surface area contributed by atoms with Crippen LogP contribution in [0.3, 0.4) is 0 Å². The average Bonchev–Trinajstić information content (AvgIpc) is 2.52. The third-order valence-electron chi connectivity index (χ3n) is 3.31. The minimum Gasteiger partial charge on any atom is -0.443 e. The third-order valence-corrected chi connectivity index (χ3v) is 4.56. The fourth-order valence-corrected chi connectivity index (χ4v) is 2.78. The van der Waals surface area contributed by atoms with E-state index in [2.05, 4.69) is 36.8 Å². The zero-order valence-electron chi connectivity index (χ0n) is 13.2. The lowest BCUT2D eigenvalue weighted by Crippen LogP contribution is -2.28. The van der Waals surface area contributed by atoms with Crippen LogP contribution in [-0.2, 0) is 26.9 Å². The van der Waals surface area contributed by atoms with Crippen LogP contribution in [0.15, 0.2) is 23.3 Å². The summed E-state index contributed by atoms with van der Waals surface area (Å²) >= 11 is 6.83. The molecule has 0 spiro atoms. The molecule has 0 atom stereocenters. The standard InChI is InChI=1S/C16H18Br2N2O3/c1-16(2,3)15(22)23-9-20-8-19-13-11(7-18)4-10(6-17)5-12(13)14(20)21/h4-5,8H,6-7,9H2,1-3H3. The van der Waals surface area contributed by atoms with Gasteiger partial charge in [-0.3, -0.25) is 14.2 Å². The van der Waals surface area contributed by atoms with Gasteiger partial charge in [-0.1, -0.05) is 37.9 Å². The molecule has 1 aromatic carbocycles. The number of carbonyl (C=O) groups is 1. The van der Waals surface area contributed by atoms with Crippen molar-refractivity contribution in [2.75, 3.05) is 0 Å². The Morgan fingerprint density at radius 1 is 1.26 bits per heavy atom. The minimum absolute atomic E-state index is 0.139. The zero-order valence-corrected chi connectivity index (χ0v) is 16.4. The molecule has 0 radical (unpaired) electrons. The molecule has 1 aromatic heterocycles. The molecule has 5 nitrogen and oxygen atoms in total. The van der Waals surface area contributed by atoms with E-state index in [4.69, 9.17) is 4.74 Å². The van der Waals surface area contributed by atoms with Crippen LogP contribution < -0.4 is 5.56 Å². The van der Waals surface area contributed by atoms with Crippen molar-refractivity contribution in [2.24, 2.45) is 5.41 Å². The zero-order chi connectivity index (χ0) is 17.2. The molecule has 0 saturated carbocycles. The van der Waals surface area contributed by atoms with E-state index in [-0.39, 0.29) is 18.3 Å². The molecule has 0 amide bonds. The van der Waals surface area contributed by atoms with Crippen molar-refractivity contribution in [3.8, 4) is 0 Å². The summed E-state index contributed by atoms with van der Waals surface area (Å²) in [5, 5.41) is 1.78. The molecule has 0 bridgehead atoms. The van der Waals surface area contributed by atoms with Crippen LogP contribution in [-0.4, -0.2) is 15.5 Å². The van der Waals surface area contributed by atoms with Crippen LogP contribution in [0.4, 0.5) is 0 Å². The maximum atomic E-state index is 12.6. The number of esters is 1. The monoisotopic (exact) mass is 444 g/mol. The SMILES string of the molecule is CC(C)(C)C(=O)OCn1cnc2c(CBr)cc(CBr)cc2c1=O. The highest BCUT2D eigenvalue weighted by Gasteiger charge is 2.23. The Balaban J connectivity index is 2.42. The highest BCUT2D eigenvalue weighted by molar-refractivity contribution is 9.08. The lowest BCUT2D eigenvalue weighted by molar-refractivity contribution is -0.157. The van der Waals surface area contributed by atoms with Gasteiger partial charge in [-0.05, 0) is 38.0 Å². The van der Waals surface area contributed by atoms with Gasteiger partial charge in [0, 0.05) is 10.7 Å². The molecule has 2 aromatic rings. The van der Waals surface area contributed by atoms with E-state index in [0.29, 0.717) is 21.6 Å². The number of rotatable bonds is 4. The Bertz CT molecular complexity index is 794. The van der Waals surface area contributed by atoms with Gasteiger partial charge in [0.1, 0.15) is 6.33 Å². The molecule has 0 N–H and O–H groups in total. The molecule has 0 saturated heterocycles. The molecule has 7 heteroatoms. The largest absolute Gasteiger partial charge is 0.443 e. The minimum atomic E-state index is -0.611. The third kappa shape index (κ3) is 4.01. The molecule has 2 rings (SSSR count). The first-order valence-electron chi connectivity index (χ1n) is 7.08. The lowest BCUT2D eigenvalue weighted by atomic mass is 9.98. The number of carbonyl (C=O) groups excluding carboxylic acids is 1. The number of hydrogen-bond acceptors (Lipinski definition) is 4. The van der Waals surface area contributed by atoms with Crippen molar-refractivity contribution < 1.29 is 9.53 Å². The Labute approximate surface area is 151 Å². The molecular weight excluding hydrogens is 428 g/mol. The number of alkyl halides is 2. The number of nitrogens with zero attached hydrogens (tertiary/aromatic N) is 2. The topological polar surface area (TPSA) is 61.2 Å². The van der Waals surface area contributed by atoms with Gasteiger partial charge in [0.25, 0.3) is 5.56 Å². The van der Waals surface area contributed by atoms with Gasteiger partial charge in [-0.15, -0.1) is 0 Å². The quantitative estimate of drug-likeness (QED) is 0.531. The average molecular weight is 446 g/mol. The van der Waals surface area contributed by atoms with E-state index in [1.54, 1.807) is 20.8 Å². The molecule has 23 heavy (non-hydrogen) atoms. The summed E-state index contributed by atoms with van der Waals surface area (Å²) in [6.07, 6.45) is 1.42. The van der Waals surface area contributed by atoms with Gasteiger partial charge in [-0.2, -0.15) is 0 Å². The van der Waals surface area contributed by atoms with Gasteiger partial charge in [-0.25, -0.2) is 4.98 Å². The molecule has 0 fully saturated rings. The molecule has 124 valence electrons. The predicted molar refractivity (Wildman–Crippen MR) is 96.8 cm³/mol. The van der Waals surface area contributed by atoms with Crippen LogP contribution in [0.25, 0.3) is 10.9 Å². The summed E-state index contributed by atoms with van der Waals surface area (Å²) in [6.45, 7) is 5.16. The van der Waals surface area contributed by atoms with Crippen molar-refractivity contribution in [1.29, 1.82) is 0 Å². The van der Waals surface area contributed by atoms with E-state index in [1.807, 2.05) is 12.1 Å².